The van der Waals surface area contributed by atoms with E-state index in [2.05, 4.69) is 9.72 Å². The molecule has 1 aromatic carbocycles. The Morgan fingerprint density at radius 3 is 2.47 bits per heavy atom. The van der Waals surface area contributed by atoms with Crippen molar-refractivity contribution in [3.8, 4) is 11.4 Å². The molecule has 0 atom stereocenters. The maximum atomic E-state index is 11.3. The molecule has 19 heavy (non-hydrogen) atoms. The third-order valence-corrected chi connectivity index (χ3v) is 2.71. The van der Waals surface area contributed by atoms with E-state index in [1.54, 1.807) is 31.3 Å². The van der Waals surface area contributed by atoms with Crippen LogP contribution in [0.1, 0.15) is 10.4 Å². The largest absolute Gasteiger partial charge is 0.465 e. The van der Waals surface area contributed by atoms with Crippen LogP contribution in [0.3, 0.4) is 0 Å². The number of ether oxygens (including phenoxy) is 1. The van der Waals surface area contributed by atoms with Crippen molar-refractivity contribution in [3.63, 3.8) is 0 Å². The first kappa shape index (κ1) is 12.7. The van der Waals surface area contributed by atoms with E-state index in [1.165, 1.54) is 17.9 Å². The second kappa shape index (κ2) is 4.89. The fourth-order valence-electron chi connectivity index (χ4n) is 1.71. The summed E-state index contributed by atoms with van der Waals surface area (Å²) in [4.78, 5) is 25.5. The average molecular weight is 261 g/mol. The van der Waals surface area contributed by atoms with Crippen molar-refractivity contribution in [2.75, 3.05) is 7.11 Å². The smallest absolute Gasteiger partial charge is 0.342 e. The molecule has 1 aromatic heterocycles. The molecule has 0 aliphatic rings. The Bertz CT molecular complexity index is 631. The molecule has 98 valence electrons. The Morgan fingerprint density at radius 1 is 1.37 bits per heavy atom. The molecule has 0 fully saturated rings. The standard InChI is InChI=1S/C12H11N3O4/c1-14-10(15(17)18)7-13-11(14)8-3-5-9(6-4-8)12(16)19-2/h3-7H,1-2H3. The average Bonchev–Trinajstić information content (AvgIpc) is 2.80. The number of hydrogen-bond donors (Lipinski definition) is 0. The molecule has 2 aromatic rings. The van der Waals surface area contributed by atoms with E-state index < -0.39 is 10.9 Å². The fraction of sp³-hybridized carbons (Fsp3) is 0.167. The Balaban J connectivity index is 2.38. The molecule has 0 radical (unpaired) electrons. The second-order valence-electron chi connectivity index (χ2n) is 3.83. The first-order chi connectivity index (χ1) is 9.04. The molecule has 0 aliphatic heterocycles. The second-order valence-corrected chi connectivity index (χ2v) is 3.83. The van der Waals surface area contributed by atoms with Crippen molar-refractivity contribution in [1.82, 2.24) is 9.55 Å². The summed E-state index contributed by atoms with van der Waals surface area (Å²) in [5, 5.41) is 10.7. The van der Waals surface area contributed by atoms with Crippen molar-refractivity contribution < 1.29 is 14.5 Å². The van der Waals surface area contributed by atoms with Gasteiger partial charge in [0.05, 0.1) is 19.7 Å². The highest BCUT2D eigenvalue weighted by molar-refractivity contribution is 5.89. The van der Waals surface area contributed by atoms with E-state index >= 15 is 0 Å². The number of carbonyl (C=O) groups is 1. The topological polar surface area (TPSA) is 87.3 Å². The van der Waals surface area contributed by atoms with Gasteiger partial charge in [-0.15, -0.1) is 0 Å². The number of benzene rings is 1. The van der Waals surface area contributed by atoms with Crippen LogP contribution in [0.15, 0.2) is 30.5 Å². The third-order valence-electron chi connectivity index (χ3n) is 2.71. The summed E-state index contributed by atoms with van der Waals surface area (Å²) in [5.74, 6) is -0.0625. The van der Waals surface area contributed by atoms with Crippen molar-refractivity contribution in [1.29, 1.82) is 0 Å². The van der Waals surface area contributed by atoms with Crippen LogP contribution in [0.4, 0.5) is 5.82 Å². The van der Waals surface area contributed by atoms with E-state index in [1.807, 2.05) is 0 Å². The minimum atomic E-state index is -0.501. The van der Waals surface area contributed by atoms with Gasteiger partial charge in [0.2, 0.25) is 5.82 Å². The Hall–Kier alpha value is -2.70. The van der Waals surface area contributed by atoms with Crippen LogP contribution in [0.25, 0.3) is 11.4 Å². The summed E-state index contributed by atoms with van der Waals surface area (Å²) in [6.07, 6.45) is 1.20. The fourth-order valence-corrected chi connectivity index (χ4v) is 1.71. The predicted molar refractivity (Wildman–Crippen MR) is 66.6 cm³/mol. The molecule has 0 saturated heterocycles. The normalized spacial score (nSPS) is 10.2. The predicted octanol–water partition coefficient (Wildman–Crippen LogP) is 1.78. The Morgan fingerprint density at radius 2 is 2.00 bits per heavy atom. The van der Waals surface area contributed by atoms with E-state index in [4.69, 9.17) is 0 Å². The quantitative estimate of drug-likeness (QED) is 0.477. The molecule has 0 amide bonds. The number of hydrogen-bond acceptors (Lipinski definition) is 5. The number of nitrogens with zero attached hydrogens (tertiary/aromatic N) is 3. The number of nitro groups is 1. The third kappa shape index (κ3) is 2.30. The van der Waals surface area contributed by atoms with Crippen molar-refractivity contribution in [3.05, 3.63) is 46.1 Å². The van der Waals surface area contributed by atoms with E-state index in [-0.39, 0.29) is 5.82 Å². The van der Waals surface area contributed by atoms with Gasteiger partial charge in [-0.3, -0.25) is 0 Å². The van der Waals surface area contributed by atoms with Crippen LogP contribution in [0.2, 0.25) is 0 Å². The maximum Gasteiger partial charge on any atom is 0.342 e. The minimum Gasteiger partial charge on any atom is -0.465 e. The molecule has 2 rings (SSSR count). The van der Waals surface area contributed by atoms with Gasteiger partial charge in [-0.25, -0.2) is 14.3 Å². The van der Waals surface area contributed by atoms with Crippen molar-refractivity contribution in [2.24, 2.45) is 7.05 Å². The van der Waals surface area contributed by atoms with Crippen molar-refractivity contribution in [2.45, 2.75) is 0 Å². The van der Waals surface area contributed by atoms with Crippen LogP contribution in [0.5, 0.6) is 0 Å². The molecule has 0 unspecified atom stereocenters. The van der Waals surface area contributed by atoms with Gasteiger partial charge in [-0.1, -0.05) is 0 Å². The number of carbonyl (C=O) groups excluding carboxylic acids is 1. The molecule has 7 nitrogen and oxygen atoms in total. The number of esters is 1. The van der Waals surface area contributed by atoms with E-state index in [0.717, 1.165) is 0 Å². The highest BCUT2D eigenvalue weighted by atomic mass is 16.6. The summed E-state index contributed by atoms with van der Waals surface area (Å²) in [6.45, 7) is 0. The lowest BCUT2D eigenvalue weighted by atomic mass is 10.1. The molecule has 0 saturated carbocycles. The van der Waals surface area contributed by atoms with Gasteiger partial charge in [-0.05, 0) is 29.2 Å². The number of imidazole rings is 1. The lowest BCUT2D eigenvalue weighted by Crippen LogP contribution is -2.01. The molecule has 1 heterocycles. The minimum absolute atomic E-state index is 0.0907. The van der Waals surface area contributed by atoms with Gasteiger partial charge in [0.15, 0.2) is 0 Å². The zero-order valence-corrected chi connectivity index (χ0v) is 10.4. The van der Waals surface area contributed by atoms with E-state index in [0.29, 0.717) is 17.0 Å². The molecule has 0 spiro atoms. The maximum absolute atomic E-state index is 11.3. The number of aromatic nitrogens is 2. The summed E-state index contributed by atoms with van der Waals surface area (Å²) in [6, 6.07) is 6.50. The van der Waals surface area contributed by atoms with Gasteiger partial charge in [-0.2, -0.15) is 0 Å². The SMILES string of the molecule is COC(=O)c1ccc(-c2ncc([N+](=O)[O-])n2C)cc1. The zero-order chi connectivity index (χ0) is 14.0. The van der Waals surface area contributed by atoms with Crippen LogP contribution in [0, 0.1) is 10.1 Å². The first-order valence-corrected chi connectivity index (χ1v) is 5.39. The molecule has 0 N–H and O–H groups in total. The highest BCUT2D eigenvalue weighted by Gasteiger charge is 2.18. The lowest BCUT2D eigenvalue weighted by molar-refractivity contribution is -0.391. The highest BCUT2D eigenvalue weighted by Crippen LogP contribution is 2.22. The van der Waals surface area contributed by atoms with Gasteiger partial charge in [0, 0.05) is 5.56 Å². The van der Waals surface area contributed by atoms with Gasteiger partial charge in [0.1, 0.15) is 6.20 Å². The summed E-state index contributed by atoms with van der Waals surface area (Å²) in [7, 11) is 2.87. The van der Waals surface area contributed by atoms with Crippen LogP contribution in [-0.2, 0) is 11.8 Å². The number of rotatable bonds is 3. The Kier molecular flexibility index (Phi) is 3.28. The molecular weight excluding hydrogens is 250 g/mol. The Labute approximate surface area is 108 Å². The molecular formula is C12H11N3O4. The lowest BCUT2D eigenvalue weighted by Gasteiger charge is -2.01. The summed E-state index contributed by atoms with van der Waals surface area (Å²) < 4.78 is 5.97. The van der Waals surface area contributed by atoms with Crippen LogP contribution >= 0.6 is 0 Å². The van der Waals surface area contributed by atoms with Crippen LogP contribution < -0.4 is 0 Å². The zero-order valence-electron chi connectivity index (χ0n) is 10.4. The van der Waals surface area contributed by atoms with Gasteiger partial charge in [0.25, 0.3) is 0 Å². The van der Waals surface area contributed by atoms with Gasteiger partial charge >= 0.3 is 11.8 Å². The van der Waals surface area contributed by atoms with E-state index in [9.17, 15) is 14.9 Å². The first-order valence-electron chi connectivity index (χ1n) is 5.39. The monoisotopic (exact) mass is 261 g/mol. The molecule has 0 aliphatic carbocycles. The summed E-state index contributed by atoms with van der Waals surface area (Å²) >= 11 is 0. The van der Waals surface area contributed by atoms with Crippen LogP contribution in [-0.4, -0.2) is 27.6 Å². The number of methoxy groups -OCH3 is 1. The molecule has 7 heteroatoms. The van der Waals surface area contributed by atoms with Gasteiger partial charge < -0.3 is 14.9 Å². The van der Waals surface area contributed by atoms with Crippen molar-refractivity contribution >= 4 is 11.8 Å². The molecule has 0 bridgehead atoms. The summed E-state index contributed by atoms with van der Waals surface area (Å²) in [5.41, 5.74) is 1.10.